The smallest absolute Gasteiger partial charge is 0.330 e. The Morgan fingerprint density at radius 2 is 1.88 bits per heavy atom. The molecule has 1 atom stereocenters. The number of Topliss-reactive ketones (excluding diaryl/α,β-unsaturated/α-hetero) is 1. The van der Waals surface area contributed by atoms with Crippen LogP contribution in [-0.2, 0) is 19.0 Å². The van der Waals surface area contributed by atoms with Crippen LogP contribution in [0.5, 0.6) is 0 Å². The number of ether oxygens (including phenoxy) is 3. The minimum atomic E-state index is -0.955. The van der Waals surface area contributed by atoms with E-state index in [1.165, 1.54) is 45.6 Å². The van der Waals surface area contributed by atoms with Gasteiger partial charge in [-0.15, -0.1) is 0 Å². The molecule has 1 N–H and O–H groups in total. The lowest BCUT2D eigenvalue weighted by Gasteiger charge is -2.14. The van der Waals surface area contributed by atoms with Crippen LogP contribution in [0.3, 0.4) is 0 Å². The van der Waals surface area contributed by atoms with Gasteiger partial charge in [0.1, 0.15) is 0 Å². The van der Waals surface area contributed by atoms with Crippen molar-refractivity contribution in [3.05, 3.63) is 59.7 Å². The highest BCUT2D eigenvalue weighted by Crippen LogP contribution is 2.19. The molecule has 0 aliphatic heterocycles. The van der Waals surface area contributed by atoms with Crippen LogP contribution in [0.4, 0.5) is 0 Å². The zero-order valence-corrected chi connectivity index (χ0v) is 14.0. The first-order valence-electron chi connectivity index (χ1n) is 7.31. The lowest BCUT2D eigenvalue weighted by Crippen LogP contribution is -2.12. The van der Waals surface area contributed by atoms with Crippen molar-refractivity contribution < 1.29 is 28.9 Å². The molecule has 0 bridgehead atoms. The van der Waals surface area contributed by atoms with E-state index in [9.17, 15) is 14.7 Å². The van der Waals surface area contributed by atoms with Crippen molar-refractivity contribution in [1.29, 1.82) is 0 Å². The number of benzene rings is 1. The molecule has 0 amide bonds. The van der Waals surface area contributed by atoms with Gasteiger partial charge in [0, 0.05) is 37.8 Å². The maximum Gasteiger partial charge on any atom is 0.330 e. The quantitative estimate of drug-likeness (QED) is 0.245. The first-order valence-corrected chi connectivity index (χ1v) is 7.31. The van der Waals surface area contributed by atoms with E-state index < -0.39 is 18.4 Å². The Hall–Kier alpha value is -2.28. The first kappa shape index (κ1) is 19.8. The predicted octanol–water partition coefficient (Wildman–Crippen LogP) is 2.20. The van der Waals surface area contributed by atoms with Crippen LogP contribution < -0.4 is 0 Å². The summed E-state index contributed by atoms with van der Waals surface area (Å²) in [6.45, 7) is 0. The molecular weight excluding hydrogens is 312 g/mol. The standard InChI is InChI=1S/C18H22O6/c1-22-17(21)10-5-4-9-15(19)12-16(20)13-7-6-8-14(11-13)18(23-2)24-3/h4-11,15,18-19H,12H2,1-3H3/b9-4+,10-5+. The second-order valence-corrected chi connectivity index (χ2v) is 4.89. The molecule has 6 heteroatoms. The Bertz CT molecular complexity index is 601. The van der Waals surface area contributed by atoms with Crippen molar-refractivity contribution in [2.45, 2.75) is 18.8 Å². The van der Waals surface area contributed by atoms with E-state index in [4.69, 9.17) is 9.47 Å². The van der Waals surface area contributed by atoms with E-state index in [1.54, 1.807) is 24.3 Å². The molecule has 1 unspecified atom stereocenters. The van der Waals surface area contributed by atoms with E-state index in [2.05, 4.69) is 4.74 Å². The van der Waals surface area contributed by atoms with Gasteiger partial charge in [-0.05, 0) is 6.07 Å². The van der Waals surface area contributed by atoms with Crippen molar-refractivity contribution in [2.75, 3.05) is 21.3 Å². The molecule has 0 fully saturated rings. The highest BCUT2D eigenvalue weighted by molar-refractivity contribution is 5.96. The highest BCUT2D eigenvalue weighted by atomic mass is 16.7. The summed E-state index contributed by atoms with van der Waals surface area (Å²) < 4.78 is 14.7. The molecule has 0 aromatic heterocycles. The number of hydrogen-bond donors (Lipinski definition) is 1. The number of aliphatic hydroxyl groups excluding tert-OH is 1. The maximum absolute atomic E-state index is 12.2. The van der Waals surface area contributed by atoms with E-state index in [0.717, 1.165) is 5.56 Å². The molecular formula is C18H22O6. The van der Waals surface area contributed by atoms with E-state index in [-0.39, 0.29) is 12.2 Å². The van der Waals surface area contributed by atoms with Crippen molar-refractivity contribution >= 4 is 11.8 Å². The number of hydrogen-bond acceptors (Lipinski definition) is 6. The Balaban J connectivity index is 2.67. The molecule has 0 radical (unpaired) electrons. The normalized spacial score (nSPS) is 12.9. The van der Waals surface area contributed by atoms with Crippen LogP contribution in [0.1, 0.15) is 28.6 Å². The summed E-state index contributed by atoms with van der Waals surface area (Å²) in [5, 5.41) is 9.87. The average Bonchev–Trinajstić information content (AvgIpc) is 2.59. The summed E-state index contributed by atoms with van der Waals surface area (Å²) in [6, 6.07) is 6.87. The number of methoxy groups -OCH3 is 3. The molecule has 0 heterocycles. The number of carbonyl (C=O) groups is 2. The lowest BCUT2D eigenvalue weighted by atomic mass is 10.0. The zero-order valence-electron chi connectivity index (χ0n) is 14.0. The number of ketones is 1. The number of carbonyl (C=O) groups excluding carboxylic acids is 2. The Morgan fingerprint density at radius 1 is 1.17 bits per heavy atom. The topological polar surface area (TPSA) is 82.1 Å². The Morgan fingerprint density at radius 3 is 2.50 bits per heavy atom. The van der Waals surface area contributed by atoms with Crippen LogP contribution in [0.25, 0.3) is 0 Å². The van der Waals surface area contributed by atoms with E-state index in [1.807, 2.05) is 0 Å². The maximum atomic E-state index is 12.2. The summed E-state index contributed by atoms with van der Waals surface area (Å²) in [5.41, 5.74) is 1.18. The minimum Gasteiger partial charge on any atom is -0.466 e. The fourth-order valence-corrected chi connectivity index (χ4v) is 2.00. The molecule has 1 rings (SSSR count). The van der Waals surface area contributed by atoms with Gasteiger partial charge in [-0.25, -0.2) is 4.79 Å². The third-order valence-corrected chi connectivity index (χ3v) is 3.18. The van der Waals surface area contributed by atoms with E-state index >= 15 is 0 Å². The first-order chi connectivity index (χ1) is 11.5. The zero-order chi connectivity index (χ0) is 17.9. The third-order valence-electron chi connectivity index (χ3n) is 3.18. The Labute approximate surface area is 141 Å². The number of esters is 1. The van der Waals surface area contributed by atoms with Gasteiger partial charge in [-0.1, -0.05) is 36.4 Å². The summed E-state index contributed by atoms with van der Waals surface area (Å²) in [5.74, 6) is -0.704. The summed E-state index contributed by atoms with van der Waals surface area (Å²) >= 11 is 0. The Kier molecular flexibility index (Phi) is 8.64. The van der Waals surface area contributed by atoms with Gasteiger partial charge in [0.2, 0.25) is 0 Å². The summed E-state index contributed by atoms with van der Waals surface area (Å²) in [4.78, 5) is 23.1. The number of aliphatic hydroxyl groups is 1. The molecule has 6 nitrogen and oxygen atoms in total. The van der Waals surface area contributed by atoms with Crippen molar-refractivity contribution in [3.8, 4) is 0 Å². The summed E-state index contributed by atoms with van der Waals surface area (Å²) in [6.07, 6.45) is 3.98. The molecule has 24 heavy (non-hydrogen) atoms. The van der Waals surface area contributed by atoms with Crippen LogP contribution in [0, 0.1) is 0 Å². The van der Waals surface area contributed by atoms with Crippen molar-refractivity contribution in [1.82, 2.24) is 0 Å². The van der Waals surface area contributed by atoms with Gasteiger partial charge in [-0.3, -0.25) is 4.79 Å². The van der Waals surface area contributed by atoms with Gasteiger partial charge in [0.05, 0.1) is 13.2 Å². The fraction of sp³-hybridized carbons (Fsp3) is 0.333. The molecule has 0 saturated carbocycles. The summed E-state index contributed by atoms with van der Waals surface area (Å²) in [7, 11) is 4.30. The van der Waals surface area contributed by atoms with Crippen LogP contribution in [-0.4, -0.2) is 44.3 Å². The molecule has 0 saturated heterocycles. The van der Waals surface area contributed by atoms with Crippen LogP contribution >= 0.6 is 0 Å². The fourth-order valence-electron chi connectivity index (χ4n) is 2.00. The molecule has 130 valence electrons. The minimum absolute atomic E-state index is 0.0728. The van der Waals surface area contributed by atoms with Gasteiger partial charge < -0.3 is 19.3 Å². The monoisotopic (exact) mass is 334 g/mol. The highest BCUT2D eigenvalue weighted by Gasteiger charge is 2.14. The van der Waals surface area contributed by atoms with Gasteiger partial charge in [0.25, 0.3) is 0 Å². The van der Waals surface area contributed by atoms with Crippen molar-refractivity contribution in [2.24, 2.45) is 0 Å². The van der Waals surface area contributed by atoms with Gasteiger partial charge in [-0.2, -0.15) is 0 Å². The van der Waals surface area contributed by atoms with E-state index in [0.29, 0.717) is 5.56 Å². The van der Waals surface area contributed by atoms with Gasteiger partial charge >= 0.3 is 5.97 Å². The predicted molar refractivity (Wildman–Crippen MR) is 88.5 cm³/mol. The van der Waals surface area contributed by atoms with Crippen molar-refractivity contribution in [3.63, 3.8) is 0 Å². The largest absolute Gasteiger partial charge is 0.466 e. The second-order valence-electron chi connectivity index (χ2n) is 4.89. The van der Waals surface area contributed by atoms with Gasteiger partial charge in [0.15, 0.2) is 12.1 Å². The molecule has 0 spiro atoms. The number of rotatable bonds is 9. The average molecular weight is 334 g/mol. The van der Waals surface area contributed by atoms with Crippen LogP contribution in [0.2, 0.25) is 0 Å². The molecule has 1 aromatic carbocycles. The second kappa shape index (κ2) is 10.5. The van der Waals surface area contributed by atoms with Crippen LogP contribution in [0.15, 0.2) is 48.6 Å². The molecule has 0 aliphatic carbocycles. The lowest BCUT2D eigenvalue weighted by molar-refractivity contribution is -0.134. The number of allylic oxidation sites excluding steroid dienone is 2. The SMILES string of the molecule is COC(=O)/C=C/C=C/C(O)CC(=O)c1cccc(C(OC)OC)c1. The molecule has 1 aromatic rings. The third kappa shape index (κ3) is 6.45. The molecule has 0 aliphatic rings.